The van der Waals surface area contributed by atoms with Crippen molar-refractivity contribution in [2.75, 3.05) is 38.4 Å². The Kier molecular flexibility index (Phi) is 9.72. The van der Waals surface area contributed by atoms with Gasteiger partial charge in [-0.15, -0.1) is 0 Å². The zero-order valence-corrected chi connectivity index (χ0v) is 22.8. The van der Waals surface area contributed by atoms with Crippen LogP contribution in [0.4, 0.5) is 5.69 Å². The van der Waals surface area contributed by atoms with Crippen LogP contribution in [0.3, 0.4) is 0 Å². The van der Waals surface area contributed by atoms with Crippen LogP contribution in [0.15, 0.2) is 78.9 Å². The molecule has 38 heavy (non-hydrogen) atoms. The highest BCUT2D eigenvalue weighted by Gasteiger charge is 2.33. The molecule has 0 fully saturated rings. The van der Waals surface area contributed by atoms with Crippen molar-refractivity contribution in [3.05, 3.63) is 90.0 Å². The van der Waals surface area contributed by atoms with Gasteiger partial charge in [0.15, 0.2) is 0 Å². The summed E-state index contributed by atoms with van der Waals surface area (Å²) in [6.45, 7) is -0.462. The van der Waals surface area contributed by atoms with Gasteiger partial charge in [0.25, 0.3) is 0 Å². The second kappa shape index (κ2) is 13.0. The molecule has 3 aromatic carbocycles. The number of nitrogens with one attached hydrogen (secondary N) is 1. The van der Waals surface area contributed by atoms with Crippen molar-refractivity contribution in [3.63, 3.8) is 0 Å². The van der Waals surface area contributed by atoms with E-state index in [0.29, 0.717) is 11.5 Å². The number of nitrogens with zero attached hydrogens (tertiary/aromatic N) is 2. The molecule has 0 bridgehead atoms. The van der Waals surface area contributed by atoms with Crippen molar-refractivity contribution in [3.8, 4) is 11.5 Å². The molecule has 2 amide bonds. The molecule has 1 N–H and O–H groups in total. The highest BCUT2D eigenvalue weighted by molar-refractivity contribution is 7.92. The number of methoxy groups -OCH3 is 2. The van der Waals surface area contributed by atoms with Crippen LogP contribution >= 0.6 is 0 Å². The van der Waals surface area contributed by atoms with E-state index in [4.69, 9.17) is 9.47 Å². The van der Waals surface area contributed by atoms with Crippen molar-refractivity contribution in [1.29, 1.82) is 0 Å². The molecule has 0 saturated carbocycles. The predicted octanol–water partition coefficient (Wildman–Crippen LogP) is 2.86. The number of sulfonamides is 1. The van der Waals surface area contributed by atoms with Gasteiger partial charge in [-0.25, -0.2) is 8.42 Å². The number of likely N-dealkylation sites (N-methyl/N-ethyl adjacent to an activating group) is 1. The van der Waals surface area contributed by atoms with Gasteiger partial charge >= 0.3 is 0 Å². The van der Waals surface area contributed by atoms with E-state index in [1.165, 1.54) is 19.1 Å². The number of hydrogen-bond donors (Lipinski definition) is 1. The molecule has 3 aromatic rings. The zero-order valence-electron chi connectivity index (χ0n) is 22.0. The zero-order chi connectivity index (χ0) is 27.7. The maximum Gasteiger partial charge on any atom is 0.244 e. The lowest BCUT2D eigenvalue weighted by Gasteiger charge is -2.33. The van der Waals surface area contributed by atoms with Crippen LogP contribution in [0, 0.1) is 0 Å². The quantitative estimate of drug-likeness (QED) is 0.380. The van der Waals surface area contributed by atoms with E-state index >= 15 is 0 Å². The molecule has 202 valence electrons. The minimum absolute atomic E-state index is 0.0600. The second-order valence-corrected chi connectivity index (χ2v) is 10.5. The van der Waals surface area contributed by atoms with Crippen molar-refractivity contribution >= 4 is 27.5 Å². The second-order valence-electron chi connectivity index (χ2n) is 8.63. The number of amides is 2. The first kappa shape index (κ1) is 28.5. The maximum atomic E-state index is 14.0. The van der Waals surface area contributed by atoms with Gasteiger partial charge in [-0.3, -0.25) is 13.9 Å². The monoisotopic (exact) mass is 539 g/mol. The molecule has 1 atom stereocenters. The van der Waals surface area contributed by atoms with Crippen LogP contribution in [0.1, 0.15) is 11.1 Å². The first-order valence-electron chi connectivity index (χ1n) is 12.0. The van der Waals surface area contributed by atoms with Crippen molar-refractivity contribution < 1.29 is 27.5 Å². The Labute approximate surface area is 224 Å². The molecule has 0 aromatic heterocycles. The molecule has 1 unspecified atom stereocenters. The average molecular weight is 540 g/mol. The number of benzene rings is 3. The Bertz CT molecular complexity index is 1350. The van der Waals surface area contributed by atoms with Crippen LogP contribution in [0.2, 0.25) is 0 Å². The highest BCUT2D eigenvalue weighted by Crippen LogP contribution is 2.30. The maximum absolute atomic E-state index is 14.0. The van der Waals surface area contributed by atoms with Crippen LogP contribution < -0.4 is 19.1 Å². The summed E-state index contributed by atoms with van der Waals surface area (Å²) in [6.07, 6.45) is 1.27. The van der Waals surface area contributed by atoms with Crippen molar-refractivity contribution in [1.82, 2.24) is 10.2 Å². The minimum Gasteiger partial charge on any atom is -0.497 e. The molecule has 0 spiro atoms. The predicted molar refractivity (Wildman–Crippen MR) is 147 cm³/mol. The van der Waals surface area contributed by atoms with E-state index in [1.54, 1.807) is 49.6 Å². The summed E-state index contributed by atoms with van der Waals surface area (Å²) in [6, 6.07) is 22.2. The van der Waals surface area contributed by atoms with Gasteiger partial charge in [-0.2, -0.15) is 0 Å². The van der Waals surface area contributed by atoms with E-state index in [2.05, 4.69) is 5.32 Å². The molecule has 0 aliphatic heterocycles. The molecule has 0 aliphatic rings. The number of carbonyl (C=O) groups is 2. The summed E-state index contributed by atoms with van der Waals surface area (Å²) in [5.41, 5.74) is 1.81. The van der Waals surface area contributed by atoms with Gasteiger partial charge in [-0.05, 0) is 35.4 Å². The Morgan fingerprint density at radius 3 is 2.18 bits per heavy atom. The molecule has 10 heteroatoms. The summed E-state index contributed by atoms with van der Waals surface area (Å²) in [5, 5.41) is 2.65. The number of anilines is 1. The Balaban J connectivity index is 2.06. The molecule has 0 aliphatic carbocycles. The van der Waals surface area contributed by atoms with Crippen molar-refractivity contribution in [2.45, 2.75) is 19.0 Å². The van der Waals surface area contributed by atoms with E-state index in [-0.39, 0.29) is 24.6 Å². The van der Waals surface area contributed by atoms with E-state index in [1.807, 2.05) is 36.4 Å². The molecule has 0 heterocycles. The third kappa shape index (κ3) is 7.25. The lowest BCUT2D eigenvalue weighted by atomic mass is 10.0. The lowest BCUT2D eigenvalue weighted by Crippen LogP contribution is -2.52. The van der Waals surface area contributed by atoms with Crippen LogP contribution in [-0.2, 0) is 32.6 Å². The average Bonchev–Trinajstić information content (AvgIpc) is 2.93. The molecule has 9 nitrogen and oxygen atoms in total. The smallest absolute Gasteiger partial charge is 0.244 e. The van der Waals surface area contributed by atoms with Crippen LogP contribution in [0.5, 0.6) is 11.5 Å². The third-order valence-electron chi connectivity index (χ3n) is 6.04. The highest BCUT2D eigenvalue weighted by atomic mass is 32.2. The van der Waals surface area contributed by atoms with Gasteiger partial charge in [0.2, 0.25) is 21.8 Å². The van der Waals surface area contributed by atoms with Gasteiger partial charge in [-0.1, -0.05) is 54.6 Å². The molecular weight excluding hydrogens is 506 g/mol. The topological polar surface area (TPSA) is 105 Å². The van der Waals surface area contributed by atoms with Gasteiger partial charge in [0.1, 0.15) is 24.1 Å². The number of carbonyl (C=O) groups excluding carboxylic acids is 2. The number of rotatable bonds is 12. The first-order chi connectivity index (χ1) is 18.2. The fourth-order valence-electron chi connectivity index (χ4n) is 4.12. The fraction of sp³-hybridized carbons (Fsp3) is 0.286. The normalized spacial score (nSPS) is 11.8. The van der Waals surface area contributed by atoms with E-state index in [9.17, 15) is 18.0 Å². The van der Waals surface area contributed by atoms with E-state index in [0.717, 1.165) is 21.7 Å². The standard InChI is InChI=1S/C28H33N3O6S/c1-29-28(33)25(18-21-11-6-5-7-12-21)30(19-22-13-10-14-23(17-22)36-2)27(32)20-31(38(4,34)35)24-15-8-9-16-26(24)37-3/h5-17,25H,18-20H2,1-4H3,(H,29,33). The summed E-state index contributed by atoms with van der Waals surface area (Å²) < 4.78 is 37.4. The third-order valence-corrected chi connectivity index (χ3v) is 7.16. The largest absolute Gasteiger partial charge is 0.497 e. The van der Waals surface area contributed by atoms with Gasteiger partial charge in [0.05, 0.1) is 26.2 Å². The van der Waals surface area contributed by atoms with Crippen molar-refractivity contribution in [2.24, 2.45) is 0 Å². The Morgan fingerprint density at radius 1 is 0.895 bits per heavy atom. The molecule has 0 radical (unpaired) electrons. The minimum atomic E-state index is -3.89. The fourth-order valence-corrected chi connectivity index (χ4v) is 4.97. The summed E-state index contributed by atoms with van der Waals surface area (Å²) in [5.74, 6) is -0.0135. The van der Waals surface area contributed by atoms with Crippen LogP contribution in [0.25, 0.3) is 0 Å². The molecular formula is C28H33N3O6S. The molecule has 3 rings (SSSR count). The van der Waals surface area contributed by atoms with E-state index < -0.39 is 28.5 Å². The SMILES string of the molecule is CNC(=O)C(Cc1ccccc1)N(Cc1cccc(OC)c1)C(=O)CN(c1ccccc1OC)S(C)(=O)=O. The Morgan fingerprint density at radius 2 is 1.55 bits per heavy atom. The Hall–Kier alpha value is -4.05. The summed E-state index contributed by atoms with van der Waals surface area (Å²) in [4.78, 5) is 28.5. The van der Waals surface area contributed by atoms with Crippen LogP contribution in [-0.4, -0.2) is 65.2 Å². The van der Waals surface area contributed by atoms with Gasteiger partial charge < -0.3 is 19.7 Å². The molecule has 0 saturated heterocycles. The first-order valence-corrected chi connectivity index (χ1v) is 13.8. The summed E-state index contributed by atoms with van der Waals surface area (Å²) in [7, 11) is 0.590. The summed E-state index contributed by atoms with van der Waals surface area (Å²) >= 11 is 0. The number of hydrogen-bond acceptors (Lipinski definition) is 6. The number of para-hydroxylation sites is 2. The lowest BCUT2D eigenvalue weighted by molar-refractivity contribution is -0.139. The van der Waals surface area contributed by atoms with Gasteiger partial charge in [0, 0.05) is 20.0 Å². The number of ether oxygens (including phenoxy) is 2.